The monoisotopic (exact) mass is 756 g/mol. The van der Waals surface area contributed by atoms with E-state index in [-0.39, 0.29) is 12.8 Å². The lowest BCUT2D eigenvalue weighted by atomic mass is 9.98. The molecule has 0 aromatic carbocycles. The maximum absolute atomic E-state index is 13.0. The molecule has 0 aromatic rings. The first-order valence-corrected chi connectivity index (χ1v) is 20.9. The number of unbranched alkanes of at least 4 members (excludes halogenated alkanes) is 15. The molecule has 11 heteroatoms. The summed E-state index contributed by atoms with van der Waals surface area (Å²) in [5.74, 6) is -0.718. The number of ether oxygens (including phenoxy) is 2. The lowest BCUT2D eigenvalue weighted by Gasteiger charge is -2.40. The third kappa shape index (κ3) is 23.1. The van der Waals surface area contributed by atoms with Crippen molar-refractivity contribution >= 4 is 5.91 Å². The summed E-state index contributed by atoms with van der Waals surface area (Å²) < 4.78 is 11.0. The van der Waals surface area contributed by atoms with E-state index in [1.807, 2.05) is 0 Å². The van der Waals surface area contributed by atoms with Gasteiger partial charge in [0.25, 0.3) is 0 Å². The van der Waals surface area contributed by atoms with Crippen LogP contribution >= 0.6 is 0 Å². The van der Waals surface area contributed by atoms with Gasteiger partial charge in [-0.15, -0.1) is 0 Å². The number of allylic oxidation sites excluding steroid dienone is 6. The van der Waals surface area contributed by atoms with Gasteiger partial charge in [0.15, 0.2) is 6.29 Å². The van der Waals surface area contributed by atoms with Gasteiger partial charge in [0, 0.05) is 0 Å². The summed E-state index contributed by atoms with van der Waals surface area (Å²) in [6.07, 6.45) is 23.5. The maximum atomic E-state index is 13.0. The summed E-state index contributed by atoms with van der Waals surface area (Å²) in [6, 6.07) is -1.19. The second-order valence-corrected chi connectivity index (χ2v) is 14.7. The molecule has 1 amide bonds. The second-order valence-electron chi connectivity index (χ2n) is 14.7. The third-order valence-corrected chi connectivity index (χ3v) is 9.90. The van der Waals surface area contributed by atoms with Gasteiger partial charge in [-0.05, 0) is 64.2 Å². The van der Waals surface area contributed by atoms with E-state index in [0.717, 1.165) is 44.9 Å². The molecule has 11 nitrogen and oxygen atoms in total. The Labute approximate surface area is 320 Å². The van der Waals surface area contributed by atoms with E-state index < -0.39 is 74.2 Å². The first-order valence-electron chi connectivity index (χ1n) is 20.9. The smallest absolute Gasteiger partial charge is 0.249 e. The van der Waals surface area contributed by atoms with Crippen LogP contribution < -0.4 is 5.32 Å². The predicted octanol–water partition coefficient (Wildman–Crippen LogP) is 5.66. The molecule has 1 aliphatic rings. The van der Waals surface area contributed by atoms with Crippen molar-refractivity contribution in [2.24, 2.45) is 0 Å². The zero-order valence-electron chi connectivity index (χ0n) is 33.0. The van der Waals surface area contributed by atoms with Crippen molar-refractivity contribution in [3.8, 4) is 0 Å². The highest BCUT2D eigenvalue weighted by molar-refractivity contribution is 5.80. The number of hydrogen-bond acceptors (Lipinski definition) is 10. The standard InChI is InChI=1S/C42H77NO10/c1-3-5-7-9-11-13-14-15-16-17-18-19-20-22-23-25-27-29-34(45)37(47)33(32-52-42-40(50)39(49)38(48)36(31-44)53-42)43-41(51)35(46)30-28-26-24-21-12-10-8-6-4-2/h13-14,17-18,22-23,33-40,42,44-50H,3-12,15-16,19-21,24-32H2,1-2H3,(H,43,51)/b14-13+,18-17+,23-22+. The van der Waals surface area contributed by atoms with Gasteiger partial charge in [0.05, 0.1) is 25.4 Å². The van der Waals surface area contributed by atoms with E-state index in [0.29, 0.717) is 19.3 Å². The van der Waals surface area contributed by atoms with E-state index in [9.17, 15) is 40.5 Å². The van der Waals surface area contributed by atoms with Gasteiger partial charge >= 0.3 is 0 Å². The van der Waals surface area contributed by atoms with E-state index in [1.54, 1.807) is 0 Å². The first kappa shape index (κ1) is 49.3. The number of rotatable bonds is 33. The van der Waals surface area contributed by atoms with Crippen molar-refractivity contribution in [2.45, 2.75) is 210 Å². The van der Waals surface area contributed by atoms with Crippen LogP contribution in [0.3, 0.4) is 0 Å². The fourth-order valence-corrected chi connectivity index (χ4v) is 6.35. The molecule has 0 aromatic heterocycles. The number of amides is 1. The van der Waals surface area contributed by atoms with Gasteiger partial charge in [-0.3, -0.25) is 4.79 Å². The molecule has 0 radical (unpaired) electrons. The molecule has 0 aliphatic carbocycles. The average molecular weight is 756 g/mol. The van der Waals surface area contributed by atoms with Crippen LogP contribution in [0.4, 0.5) is 0 Å². The fraction of sp³-hybridized carbons (Fsp3) is 0.833. The Kier molecular flexibility index (Phi) is 30.3. The Balaban J connectivity index is 2.55. The van der Waals surface area contributed by atoms with Gasteiger partial charge in [-0.25, -0.2) is 0 Å². The van der Waals surface area contributed by atoms with Gasteiger partial charge in [0.1, 0.15) is 36.6 Å². The number of aliphatic hydroxyl groups excluding tert-OH is 7. The minimum absolute atomic E-state index is 0.241. The van der Waals surface area contributed by atoms with Crippen LogP contribution in [0.1, 0.15) is 155 Å². The predicted molar refractivity (Wildman–Crippen MR) is 210 cm³/mol. The molecule has 53 heavy (non-hydrogen) atoms. The van der Waals surface area contributed by atoms with Crippen molar-refractivity contribution in [3.63, 3.8) is 0 Å². The van der Waals surface area contributed by atoms with Crippen LogP contribution in [0.5, 0.6) is 0 Å². The van der Waals surface area contributed by atoms with Crippen LogP contribution in [-0.4, -0.2) is 110 Å². The SMILES string of the molecule is CCCCCC/C=C/CC/C=C/CC/C=C/CCCC(O)C(O)C(COC1OC(CO)C(O)C(O)C1O)NC(=O)C(O)CCCCCCCCCCC. The number of hydrogen-bond donors (Lipinski definition) is 8. The summed E-state index contributed by atoms with van der Waals surface area (Å²) in [7, 11) is 0. The largest absolute Gasteiger partial charge is 0.394 e. The van der Waals surface area contributed by atoms with Gasteiger partial charge in [-0.1, -0.05) is 127 Å². The summed E-state index contributed by atoms with van der Waals surface area (Å²) in [4.78, 5) is 13.0. The van der Waals surface area contributed by atoms with Crippen LogP contribution in [-0.2, 0) is 14.3 Å². The molecule has 0 spiro atoms. The molecule has 9 atom stereocenters. The van der Waals surface area contributed by atoms with Crippen LogP contribution in [0.25, 0.3) is 0 Å². The van der Waals surface area contributed by atoms with E-state index >= 15 is 0 Å². The summed E-state index contributed by atoms with van der Waals surface area (Å²) in [5.41, 5.74) is 0. The van der Waals surface area contributed by atoms with Crippen molar-refractivity contribution in [3.05, 3.63) is 36.5 Å². The number of carbonyl (C=O) groups excluding carboxylic acids is 1. The van der Waals surface area contributed by atoms with E-state index in [4.69, 9.17) is 9.47 Å². The van der Waals surface area contributed by atoms with Crippen molar-refractivity contribution < 1.29 is 50.0 Å². The molecule has 0 bridgehead atoms. The third-order valence-electron chi connectivity index (χ3n) is 9.90. The Morgan fingerprint density at radius 3 is 1.68 bits per heavy atom. The van der Waals surface area contributed by atoms with E-state index in [1.165, 1.54) is 64.2 Å². The molecular weight excluding hydrogens is 678 g/mol. The van der Waals surface area contributed by atoms with Crippen LogP contribution in [0.2, 0.25) is 0 Å². The quantitative estimate of drug-likeness (QED) is 0.0307. The normalized spacial score (nSPS) is 23.2. The Morgan fingerprint density at radius 2 is 1.13 bits per heavy atom. The topological polar surface area (TPSA) is 189 Å². The number of carbonyl (C=O) groups is 1. The van der Waals surface area contributed by atoms with Crippen LogP contribution in [0.15, 0.2) is 36.5 Å². The fourth-order valence-electron chi connectivity index (χ4n) is 6.35. The molecule has 1 saturated heterocycles. The van der Waals surface area contributed by atoms with E-state index in [2.05, 4.69) is 55.6 Å². The molecule has 9 unspecified atom stereocenters. The highest BCUT2D eigenvalue weighted by Crippen LogP contribution is 2.23. The Hall–Kier alpha value is -1.67. The highest BCUT2D eigenvalue weighted by Gasteiger charge is 2.44. The zero-order chi connectivity index (χ0) is 39.1. The lowest BCUT2D eigenvalue weighted by Crippen LogP contribution is -2.60. The Bertz CT molecular complexity index is 960. The summed E-state index contributed by atoms with van der Waals surface area (Å²) in [5, 5.41) is 75.2. The Morgan fingerprint density at radius 1 is 0.642 bits per heavy atom. The highest BCUT2D eigenvalue weighted by atomic mass is 16.7. The molecule has 1 fully saturated rings. The number of aliphatic hydroxyl groups is 7. The average Bonchev–Trinajstić information content (AvgIpc) is 3.16. The molecule has 310 valence electrons. The molecule has 1 rings (SSSR count). The summed E-state index contributed by atoms with van der Waals surface area (Å²) in [6.45, 7) is 3.34. The van der Waals surface area contributed by atoms with Crippen LogP contribution in [0, 0.1) is 0 Å². The number of nitrogens with one attached hydrogen (secondary N) is 1. The maximum Gasteiger partial charge on any atom is 0.249 e. The molecule has 1 heterocycles. The van der Waals surface area contributed by atoms with Crippen molar-refractivity contribution in [2.75, 3.05) is 13.2 Å². The molecule has 8 N–H and O–H groups in total. The molecular formula is C42H77NO10. The van der Waals surface area contributed by atoms with Gasteiger partial charge in [0.2, 0.25) is 5.91 Å². The zero-order valence-corrected chi connectivity index (χ0v) is 33.0. The lowest BCUT2D eigenvalue weighted by molar-refractivity contribution is -0.303. The molecule has 1 aliphatic heterocycles. The first-order chi connectivity index (χ1) is 25.7. The van der Waals surface area contributed by atoms with Gasteiger partial charge < -0.3 is 50.5 Å². The van der Waals surface area contributed by atoms with Crippen molar-refractivity contribution in [1.29, 1.82) is 0 Å². The van der Waals surface area contributed by atoms with Crippen molar-refractivity contribution in [1.82, 2.24) is 5.32 Å². The minimum Gasteiger partial charge on any atom is -0.394 e. The second kappa shape index (κ2) is 32.6. The molecule has 0 saturated carbocycles. The van der Waals surface area contributed by atoms with Gasteiger partial charge in [-0.2, -0.15) is 0 Å². The summed E-state index contributed by atoms with van der Waals surface area (Å²) >= 11 is 0. The minimum atomic E-state index is -1.67.